The molecule has 1 saturated heterocycles. The molecule has 1 fully saturated rings. The second kappa shape index (κ2) is 9.84. The van der Waals surface area contributed by atoms with Gasteiger partial charge in [-0.2, -0.15) is 0 Å². The molecular formula is C21H23N3O6. The third-order valence-corrected chi connectivity index (χ3v) is 4.66. The maximum absolute atomic E-state index is 12.4. The molecule has 30 heavy (non-hydrogen) atoms. The Balaban J connectivity index is 1.53. The van der Waals surface area contributed by atoms with Gasteiger partial charge in [0.2, 0.25) is 0 Å². The molecule has 2 N–H and O–H groups in total. The van der Waals surface area contributed by atoms with Gasteiger partial charge in [0.05, 0.1) is 11.0 Å². The zero-order chi connectivity index (χ0) is 21.5. The second-order valence-corrected chi connectivity index (χ2v) is 6.90. The predicted octanol–water partition coefficient (Wildman–Crippen LogP) is 2.91. The summed E-state index contributed by atoms with van der Waals surface area (Å²) in [7, 11) is 0. The molecular weight excluding hydrogens is 390 g/mol. The summed E-state index contributed by atoms with van der Waals surface area (Å²) in [6.07, 6.45) is 1.06. The molecule has 2 aromatic carbocycles. The molecule has 0 bridgehead atoms. The molecule has 0 saturated carbocycles. The van der Waals surface area contributed by atoms with E-state index in [0.717, 1.165) is 19.4 Å². The first-order valence-electron chi connectivity index (χ1n) is 9.65. The molecule has 0 aromatic heterocycles. The smallest absolute Gasteiger partial charge is 0.310 e. The molecule has 1 aliphatic heterocycles. The summed E-state index contributed by atoms with van der Waals surface area (Å²) >= 11 is 0. The average molecular weight is 413 g/mol. The molecule has 9 heteroatoms. The number of benzene rings is 2. The summed E-state index contributed by atoms with van der Waals surface area (Å²) < 4.78 is 10.9. The van der Waals surface area contributed by atoms with Crippen molar-refractivity contribution in [2.24, 2.45) is 0 Å². The molecule has 2 unspecified atom stereocenters. The summed E-state index contributed by atoms with van der Waals surface area (Å²) in [5, 5.41) is 16.6. The third kappa shape index (κ3) is 5.54. The number of para-hydroxylation sites is 2. The average Bonchev–Trinajstić information content (AvgIpc) is 3.26. The van der Waals surface area contributed by atoms with E-state index >= 15 is 0 Å². The minimum atomic E-state index is -0.958. The van der Waals surface area contributed by atoms with E-state index in [4.69, 9.17) is 9.47 Å². The van der Waals surface area contributed by atoms with E-state index in [-0.39, 0.29) is 23.4 Å². The Labute approximate surface area is 173 Å². The molecule has 3 rings (SSSR count). The van der Waals surface area contributed by atoms with Gasteiger partial charge in [-0.3, -0.25) is 19.7 Å². The summed E-state index contributed by atoms with van der Waals surface area (Å²) in [5.41, 5.74) is 0.736. The van der Waals surface area contributed by atoms with Crippen LogP contribution in [0.4, 0.5) is 11.4 Å². The summed E-state index contributed by atoms with van der Waals surface area (Å²) in [6.45, 7) is 2.70. The molecule has 2 atom stereocenters. The first-order chi connectivity index (χ1) is 14.4. The highest BCUT2D eigenvalue weighted by molar-refractivity contribution is 5.96. The fourth-order valence-electron chi connectivity index (χ4n) is 3.01. The number of hydrogen-bond acceptors (Lipinski definition) is 6. The maximum Gasteiger partial charge on any atom is 0.310 e. The summed E-state index contributed by atoms with van der Waals surface area (Å²) in [6, 6.07) is 12.3. The molecule has 158 valence electrons. The van der Waals surface area contributed by atoms with E-state index < -0.39 is 16.9 Å². The number of carbonyl (C=O) groups is 2. The monoisotopic (exact) mass is 413 g/mol. The van der Waals surface area contributed by atoms with Crippen molar-refractivity contribution in [3.05, 3.63) is 64.2 Å². The molecule has 2 aromatic rings. The van der Waals surface area contributed by atoms with Gasteiger partial charge in [0.25, 0.3) is 11.8 Å². The van der Waals surface area contributed by atoms with E-state index in [2.05, 4.69) is 10.6 Å². The highest BCUT2D eigenvalue weighted by atomic mass is 16.6. The largest absolute Gasteiger partial charge is 0.474 e. The lowest BCUT2D eigenvalue weighted by Gasteiger charge is -2.15. The van der Waals surface area contributed by atoms with Gasteiger partial charge < -0.3 is 20.1 Å². The lowest BCUT2D eigenvalue weighted by atomic mass is 10.1. The van der Waals surface area contributed by atoms with Gasteiger partial charge >= 0.3 is 5.69 Å². The standard InChI is InChI=1S/C21H23N3O6/c1-14(30-19-7-3-2-6-18(19)24(27)28)20(25)23-16-10-8-15(9-11-16)21(26)22-13-17-5-4-12-29-17/h2-3,6-11,14,17H,4-5,12-13H2,1H3,(H,22,26)(H,23,25). The Morgan fingerprint density at radius 3 is 2.63 bits per heavy atom. The van der Waals surface area contributed by atoms with Crippen molar-refractivity contribution < 1.29 is 24.0 Å². The Morgan fingerprint density at radius 1 is 1.23 bits per heavy atom. The van der Waals surface area contributed by atoms with E-state index in [1.54, 1.807) is 30.3 Å². The Kier molecular flexibility index (Phi) is 6.97. The third-order valence-electron chi connectivity index (χ3n) is 4.66. The predicted molar refractivity (Wildman–Crippen MR) is 110 cm³/mol. The van der Waals surface area contributed by atoms with Crippen LogP contribution >= 0.6 is 0 Å². The Hall–Kier alpha value is -3.46. The van der Waals surface area contributed by atoms with Gasteiger partial charge in [0.1, 0.15) is 0 Å². The number of amides is 2. The van der Waals surface area contributed by atoms with Gasteiger partial charge in [-0.1, -0.05) is 12.1 Å². The van der Waals surface area contributed by atoms with Crippen molar-refractivity contribution in [1.82, 2.24) is 5.32 Å². The topological polar surface area (TPSA) is 120 Å². The van der Waals surface area contributed by atoms with Crippen LogP contribution in [0.25, 0.3) is 0 Å². The fourth-order valence-corrected chi connectivity index (χ4v) is 3.01. The maximum atomic E-state index is 12.4. The molecule has 9 nitrogen and oxygen atoms in total. The molecule has 0 spiro atoms. The number of nitrogens with one attached hydrogen (secondary N) is 2. The van der Waals surface area contributed by atoms with Gasteiger partial charge in [-0.25, -0.2) is 0 Å². The normalized spacial score (nSPS) is 16.5. The number of rotatable bonds is 8. The lowest BCUT2D eigenvalue weighted by Crippen LogP contribution is -2.32. The Morgan fingerprint density at radius 2 is 1.97 bits per heavy atom. The van der Waals surface area contributed by atoms with Crippen molar-refractivity contribution in [2.45, 2.75) is 32.0 Å². The number of anilines is 1. The highest BCUT2D eigenvalue weighted by Gasteiger charge is 2.21. The van der Waals surface area contributed by atoms with Crippen LogP contribution < -0.4 is 15.4 Å². The zero-order valence-electron chi connectivity index (χ0n) is 16.5. The van der Waals surface area contributed by atoms with E-state index in [9.17, 15) is 19.7 Å². The minimum absolute atomic E-state index is 0.0170. The van der Waals surface area contributed by atoms with Crippen LogP contribution in [0.1, 0.15) is 30.1 Å². The quantitative estimate of drug-likeness (QED) is 0.507. The number of nitrogens with zero attached hydrogens (tertiary/aromatic N) is 1. The van der Waals surface area contributed by atoms with Crippen LogP contribution in [0, 0.1) is 10.1 Å². The van der Waals surface area contributed by atoms with Crippen LogP contribution in [-0.4, -0.2) is 42.1 Å². The van der Waals surface area contributed by atoms with E-state index in [1.165, 1.54) is 25.1 Å². The van der Waals surface area contributed by atoms with Crippen LogP contribution in [0.2, 0.25) is 0 Å². The Bertz CT molecular complexity index is 909. The number of nitro benzene ring substituents is 1. The van der Waals surface area contributed by atoms with Crippen molar-refractivity contribution in [1.29, 1.82) is 0 Å². The second-order valence-electron chi connectivity index (χ2n) is 6.90. The fraction of sp³-hybridized carbons (Fsp3) is 0.333. The van der Waals surface area contributed by atoms with Gasteiger partial charge in [0.15, 0.2) is 11.9 Å². The van der Waals surface area contributed by atoms with Gasteiger partial charge in [0, 0.05) is 30.5 Å². The zero-order valence-corrected chi connectivity index (χ0v) is 16.5. The number of ether oxygens (including phenoxy) is 2. The van der Waals surface area contributed by atoms with Crippen LogP contribution in [0.15, 0.2) is 48.5 Å². The highest BCUT2D eigenvalue weighted by Crippen LogP contribution is 2.27. The summed E-state index contributed by atoms with van der Waals surface area (Å²) in [5.74, 6) is -0.663. The van der Waals surface area contributed by atoms with E-state index in [0.29, 0.717) is 17.8 Å². The van der Waals surface area contributed by atoms with Gasteiger partial charge in [-0.15, -0.1) is 0 Å². The van der Waals surface area contributed by atoms with Crippen LogP contribution in [0.3, 0.4) is 0 Å². The minimum Gasteiger partial charge on any atom is -0.474 e. The molecule has 2 amide bonds. The van der Waals surface area contributed by atoms with Crippen molar-refractivity contribution in [2.75, 3.05) is 18.5 Å². The van der Waals surface area contributed by atoms with E-state index in [1.807, 2.05) is 0 Å². The van der Waals surface area contributed by atoms with Crippen molar-refractivity contribution >= 4 is 23.2 Å². The molecule has 0 radical (unpaired) electrons. The number of carbonyl (C=O) groups excluding carboxylic acids is 2. The summed E-state index contributed by atoms with van der Waals surface area (Å²) in [4.78, 5) is 35.1. The number of nitro groups is 1. The molecule has 0 aliphatic carbocycles. The number of hydrogen-bond donors (Lipinski definition) is 2. The first kappa shape index (κ1) is 21.3. The van der Waals surface area contributed by atoms with Crippen LogP contribution in [0.5, 0.6) is 5.75 Å². The van der Waals surface area contributed by atoms with Crippen LogP contribution in [-0.2, 0) is 9.53 Å². The van der Waals surface area contributed by atoms with Crippen molar-refractivity contribution in [3.8, 4) is 5.75 Å². The first-order valence-corrected chi connectivity index (χ1v) is 9.65. The lowest BCUT2D eigenvalue weighted by molar-refractivity contribution is -0.386. The molecule has 1 heterocycles. The molecule has 1 aliphatic rings. The van der Waals surface area contributed by atoms with Crippen molar-refractivity contribution in [3.63, 3.8) is 0 Å². The SMILES string of the molecule is CC(Oc1ccccc1[N+](=O)[O-])C(=O)Nc1ccc(C(=O)NCC2CCCO2)cc1. The van der Waals surface area contributed by atoms with Gasteiger partial charge in [-0.05, 0) is 50.1 Å².